The van der Waals surface area contributed by atoms with E-state index in [1.807, 2.05) is 19.1 Å². The molecule has 28 heavy (non-hydrogen) atoms. The van der Waals surface area contributed by atoms with E-state index in [0.29, 0.717) is 28.0 Å². The van der Waals surface area contributed by atoms with Gasteiger partial charge in [0.1, 0.15) is 17.8 Å². The fourth-order valence-electron chi connectivity index (χ4n) is 2.53. The highest BCUT2D eigenvalue weighted by Gasteiger charge is 2.12. The Morgan fingerprint density at radius 2 is 1.79 bits per heavy atom. The van der Waals surface area contributed by atoms with Gasteiger partial charge in [-0.05, 0) is 36.8 Å². The van der Waals surface area contributed by atoms with Crippen molar-refractivity contribution in [1.29, 1.82) is 0 Å². The number of amides is 1. The van der Waals surface area contributed by atoms with Crippen molar-refractivity contribution in [3.05, 3.63) is 65.1 Å². The van der Waals surface area contributed by atoms with Crippen molar-refractivity contribution in [3.8, 4) is 11.5 Å². The number of anilines is 3. The molecule has 2 N–H and O–H groups in total. The van der Waals surface area contributed by atoms with Crippen LogP contribution in [-0.4, -0.2) is 30.1 Å². The zero-order valence-corrected chi connectivity index (χ0v) is 16.4. The largest absolute Gasteiger partial charge is 0.493 e. The molecule has 1 amide bonds. The number of hydrogen-bond donors (Lipinski definition) is 2. The average molecular weight is 399 g/mol. The van der Waals surface area contributed by atoms with E-state index >= 15 is 0 Å². The van der Waals surface area contributed by atoms with Crippen LogP contribution in [0.25, 0.3) is 0 Å². The normalized spacial score (nSPS) is 10.3. The summed E-state index contributed by atoms with van der Waals surface area (Å²) in [5, 5.41) is 6.48. The third kappa shape index (κ3) is 4.50. The molecular weight excluding hydrogens is 380 g/mol. The Balaban J connectivity index is 1.78. The summed E-state index contributed by atoms with van der Waals surface area (Å²) in [7, 11) is 3.13. The third-order valence-electron chi connectivity index (χ3n) is 4.00. The molecule has 0 radical (unpaired) electrons. The highest BCUT2D eigenvalue weighted by atomic mass is 35.5. The van der Waals surface area contributed by atoms with Gasteiger partial charge in [0.25, 0.3) is 5.91 Å². The number of nitrogens with one attached hydrogen (secondary N) is 2. The molecule has 0 fully saturated rings. The van der Waals surface area contributed by atoms with Crippen molar-refractivity contribution in [1.82, 2.24) is 9.97 Å². The van der Waals surface area contributed by atoms with Gasteiger partial charge in [0.15, 0.2) is 11.5 Å². The van der Waals surface area contributed by atoms with Gasteiger partial charge in [-0.2, -0.15) is 0 Å². The number of benzene rings is 2. The second-order valence-electron chi connectivity index (χ2n) is 5.90. The number of carbonyl (C=O) groups excluding carboxylic acids is 1. The van der Waals surface area contributed by atoms with Gasteiger partial charge in [0, 0.05) is 28.5 Å². The topological polar surface area (TPSA) is 85.4 Å². The monoisotopic (exact) mass is 398 g/mol. The maximum Gasteiger partial charge on any atom is 0.274 e. The van der Waals surface area contributed by atoms with Crippen molar-refractivity contribution < 1.29 is 14.3 Å². The highest BCUT2D eigenvalue weighted by Crippen LogP contribution is 2.30. The van der Waals surface area contributed by atoms with Crippen LogP contribution in [0.1, 0.15) is 16.1 Å². The van der Waals surface area contributed by atoms with Crippen LogP contribution in [-0.2, 0) is 0 Å². The molecule has 1 heterocycles. The van der Waals surface area contributed by atoms with Gasteiger partial charge >= 0.3 is 0 Å². The Labute approximate surface area is 167 Å². The lowest BCUT2D eigenvalue weighted by molar-refractivity contribution is 0.102. The summed E-state index contributed by atoms with van der Waals surface area (Å²) >= 11 is 6.00. The molecule has 3 aromatic rings. The average Bonchev–Trinajstić information content (AvgIpc) is 2.70. The lowest BCUT2D eigenvalue weighted by Gasteiger charge is -2.12. The predicted octanol–water partition coefficient (Wildman–Crippen LogP) is 4.45. The predicted molar refractivity (Wildman–Crippen MR) is 109 cm³/mol. The summed E-state index contributed by atoms with van der Waals surface area (Å²) in [5.74, 6) is 1.31. The summed E-state index contributed by atoms with van der Waals surface area (Å²) in [4.78, 5) is 20.8. The van der Waals surface area contributed by atoms with E-state index in [1.54, 1.807) is 44.6 Å². The molecule has 0 saturated heterocycles. The third-order valence-corrected chi connectivity index (χ3v) is 4.24. The van der Waals surface area contributed by atoms with Gasteiger partial charge in [-0.25, -0.2) is 9.97 Å². The molecule has 0 unspecified atom stereocenters. The van der Waals surface area contributed by atoms with E-state index in [-0.39, 0.29) is 11.6 Å². The van der Waals surface area contributed by atoms with Gasteiger partial charge in [-0.1, -0.05) is 17.7 Å². The van der Waals surface area contributed by atoms with Crippen LogP contribution < -0.4 is 20.1 Å². The molecule has 2 aromatic carbocycles. The second-order valence-corrected chi connectivity index (χ2v) is 6.33. The molecule has 0 bridgehead atoms. The second kappa shape index (κ2) is 8.58. The quantitative estimate of drug-likeness (QED) is 0.638. The molecule has 0 atom stereocenters. The van der Waals surface area contributed by atoms with Gasteiger partial charge in [-0.3, -0.25) is 4.79 Å². The van der Waals surface area contributed by atoms with Gasteiger partial charge in [-0.15, -0.1) is 0 Å². The van der Waals surface area contributed by atoms with E-state index in [4.69, 9.17) is 21.1 Å². The molecule has 1 aromatic heterocycles. The number of aromatic nitrogens is 2. The highest BCUT2D eigenvalue weighted by molar-refractivity contribution is 6.31. The van der Waals surface area contributed by atoms with Crippen LogP contribution in [0.5, 0.6) is 11.5 Å². The summed E-state index contributed by atoms with van der Waals surface area (Å²) < 4.78 is 10.5. The summed E-state index contributed by atoms with van der Waals surface area (Å²) in [6, 6.07) is 12.2. The van der Waals surface area contributed by atoms with Crippen LogP contribution in [0.2, 0.25) is 5.02 Å². The first-order chi connectivity index (χ1) is 13.5. The Hall–Kier alpha value is -3.32. The first kappa shape index (κ1) is 19.4. The molecule has 144 valence electrons. The maximum atomic E-state index is 12.6. The van der Waals surface area contributed by atoms with E-state index in [0.717, 1.165) is 11.3 Å². The van der Waals surface area contributed by atoms with Gasteiger partial charge in [0.05, 0.1) is 14.2 Å². The smallest absolute Gasteiger partial charge is 0.274 e. The van der Waals surface area contributed by atoms with E-state index in [1.165, 1.54) is 6.33 Å². The summed E-state index contributed by atoms with van der Waals surface area (Å²) in [5.41, 5.74) is 2.48. The van der Waals surface area contributed by atoms with Crippen LogP contribution >= 0.6 is 11.6 Å². The molecule has 8 heteroatoms. The van der Waals surface area contributed by atoms with Crippen molar-refractivity contribution in [3.63, 3.8) is 0 Å². The molecule has 0 saturated carbocycles. The Morgan fingerprint density at radius 3 is 2.54 bits per heavy atom. The zero-order valence-electron chi connectivity index (χ0n) is 15.6. The molecular formula is C20H19ClN4O3. The Bertz CT molecular complexity index is 1010. The van der Waals surface area contributed by atoms with Crippen molar-refractivity contribution in [2.75, 3.05) is 24.9 Å². The van der Waals surface area contributed by atoms with Crippen LogP contribution in [0.3, 0.4) is 0 Å². The minimum Gasteiger partial charge on any atom is -0.493 e. The number of hydrogen-bond acceptors (Lipinski definition) is 6. The van der Waals surface area contributed by atoms with E-state index in [2.05, 4.69) is 20.6 Å². The lowest BCUT2D eigenvalue weighted by Crippen LogP contribution is -2.15. The van der Waals surface area contributed by atoms with Gasteiger partial charge < -0.3 is 20.1 Å². The SMILES string of the molecule is COc1ccc(Nc2cc(C(=O)Nc3cc(Cl)ccc3C)ncn2)cc1OC. The van der Waals surface area contributed by atoms with Crippen molar-refractivity contribution in [2.45, 2.75) is 6.92 Å². The molecule has 0 aliphatic rings. The van der Waals surface area contributed by atoms with E-state index in [9.17, 15) is 4.79 Å². The molecule has 7 nitrogen and oxygen atoms in total. The number of methoxy groups -OCH3 is 2. The number of nitrogens with zero attached hydrogens (tertiary/aromatic N) is 2. The minimum absolute atomic E-state index is 0.220. The van der Waals surface area contributed by atoms with Crippen molar-refractivity contribution in [2.24, 2.45) is 0 Å². The number of halogens is 1. The Kier molecular flexibility index (Phi) is 5.96. The fourth-order valence-corrected chi connectivity index (χ4v) is 2.70. The molecule has 0 aliphatic heterocycles. The van der Waals surface area contributed by atoms with Crippen LogP contribution in [0.15, 0.2) is 48.8 Å². The Morgan fingerprint density at radius 1 is 1.00 bits per heavy atom. The lowest BCUT2D eigenvalue weighted by atomic mass is 10.2. The fraction of sp³-hybridized carbons (Fsp3) is 0.150. The number of carbonyl (C=O) groups is 1. The van der Waals surface area contributed by atoms with Crippen molar-refractivity contribution >= 4 is 34.7 Å². The maximum absolute atomic E-state index is 12.6. The number of rotatable bonds is 6. The molecule has 3 rings (SSSR count). The first-order valence-corrected chi connectivity index (χ1v) is 8.76. The van der Waals surface area contributed by atoms with Gasteiger partial charge in [0.2, 0.25) is 0 Å². The number of aryl methyl sites for hydroxylation is 1. The van der Waals surface area contributed by atoms with Crippen LogP contribution in [0.4, 0.5) is 17.2 Å². The standard InChI is InChI=1S/C20H19ClN4O3/c1-12-4-5-13(21)8-15(12)25-20(26)16-10-19(23-11-22-16)24-14-6-7-17(27-2)18(9-14)28-3/h4-11H,1-3H3,(H,25,26)(H,22,23,24). The molecule has 0 spiro atoms. The zero-order chi connectivity index (χ0) is 20.1. The first-order valence-electron chi connectivity index (χ1n) is 8.38. The minimum atomic E-state index is -0.358. The summed E-state index contributed by atoms with van der Waals surface area (Å²) in [6.07, 6.45) is 1.32. The summed E-state index contributed by atoms with van der Waals surface area (Å²) in [6.45, 7) is 1.88. The molecule has 0 aliphatic carbocycles. The van der Waals surface area contributed by atoms with E-state index < -0.39 is 0 Å². The van der Waals surface area contributed by atoms with Crippen LogP contribution in [0, 0.1) is 6.92 Å². The number of ether oxygens (including phenoxy) is 2.